The molecule has 0 bridgehead atoms. The monoisotopic (exact) mass is 344 g/mol. The molecule has 1 fully saturated rings. The third-order valence-corrected chi connectivity index (χ3v) is 4.37. The Labute approximate surface area is 147 Å². The van der Waals surface area contributed by atoms with Crippen molar-refractivity contribution in [1.82, 2.24) is 10.2 Å². The van der Waals surface area contributed by atoms with Crippen molar-refractivity contribution in [2.24, 2.45) is 0 Å². The highest BCUT2D eigenvalue weighted by molar-refractivity contribution is 6.30. The number of piperazine rings is 1. The van der Waals surface area contributed by atoms with Crippen molar-refractivity contribution >= 4 is 17.5 Å². The first kappa shape index (κ1) is 16.8. The Balaban J connectivity index is 1.68. The summed E-state index contributed by atoms with van der Waals surface area (Å²) < 4.78 is 5.81. The summed E-state index contributed by atoms with van der Waals surface area (Å²) in [6, 6.07) is 15.1. The SMILES string of the molecule is CC1CNCCN1C(=O)c1cccc(OCc2cccc(Cl)c2)c1. The number of carbonyl (C=O) groups is 1. The number of hydrogen-bond acceptors (Lipinski definition) is 3. The van der Waals surface area contributed by atoms with Crippen molar-refractivity contribution in [3.05, 3.63) is 64.7 Å². The summed E-state index contributed by atoms with van der Waals surface area (Å²) in [5.41, 5.74) is 1.65. The van der Waals surface area contributed by atoms with E-state index >= 15 is 0 Å². The average molecular weight is 345 g/mol. The molecule has 4 nitrogen and oxygen atoms in total. The van der Waals surface area contributed by atoms with Crippen LogP contribution in [0.3, 0.4) is 0 Å². The van der Waals surface area contributed by atoms with E-state index in [0.29, 0.717) is 22.9 Å². The fourth-order valence-corrected chi connectivity index (χ4v) is 3.03. The molecule has 1 aliphatic rings. The first-order valence-electron chi connectivity index (χ1n) is 8.12. The van der Waals surface area contributed by atoms with Crippen LogP contribution in [0.1, 0.15) is 22.8 Å². The predicted octanol–water partition coefficient (Wildman–Crippen LogP) is 3.35. The Bertz CT molecular complexity index is 720. The van der Waals surface area contributed by atoms with Gasteiger partial charge in [0.1, 0.15) is 12.4 Å². The topological polar surface area (TPSA) is 41.6 Å². The molecule has 0 aliphatic carbocycles. The Hall–Kier alpha value is -2.04. The lowest BCUT2D eigenvalue weighted by Gasteiger charge is -2.34. The minimum atomic E-state index is 0.0530. The summed E-state index contributed by atoms with van der Waals surface area (Å²) >= 11 is 5.98. The van der Waals surface area contributed by atoms with Crippen molar-refractivity contribution in [2.45, 2.75) is 19.6 Å². The van der Waals surface area contributed by atoms with Gasteiger partial charge in [0.05, 0.1) is 0 Å². The third kappa shape index (κ3) is 4.08. The number of halogens is 1. The number of ether oxygens (including phenoxy) is 1. The molecular formula is C19H21ClN2O2. The second-order valence-corrected chi connectivity index (χ2v) is 6.43. The van der Waals surface area contributed by atoms with Gasteiger partial charge >= 0.3 is 0 Å². The molecule has 0 radical (unpaired) electrons. The molecule has 1 saturated heterocycles. The van der Waals surface area contributed by atoms with Crippen LogP contribution in [0.2, 0.25) is 5.02 Å². The van der Waals surface area contributed by atoms with Gasteiger partial charge in [-0.15, -0.1) is 0 Å². The lowest BCUT2D eigenvalue weighted by atomic mass is 10.1. The van der Waals surface area contributed by atoms with E-state index in [-0.39, 0.29) is 11.9 Å². The second kappa shape index (κ2) is 7.69. The zero-order chi connectivity index (χ0) is 16.9. The lowest BCUT2D eigenvalue weighted by molar-refractivity contribution is 0.0655. The van der Waals surface area contributed by atoms with Crippen molar-refractivity contribution in [1.29, 1.82) is 0 Å². The molecule has 2 aromatic rings. The molecule has 1 aliphatic heterocycles. The Morgan fingerprint density at radius 2 is 2.12 bits per heavy atom. The maximum atomic E-state index is 12.7. The molecule has 0 aromatic heterocycles. The number of nitrogens with zero attached hydrogens (tertiary/aromatic N) is 1. The fourth-order valence-electron chi connectivity index (χ4n) is 2.82. The van der Waals surface area contributed by atoms with Crippen molar-refractivity contribution in [3.63, 3.8) is 0 Å². The number of benzene rings is 2. The predicted molar refractivity (Wildman–Crippen MR) is 95.6 cm³/mol. The van der Waals surface area contributed by atoms with Crippen LogP contribution < -0.4 is 10.1 Å². The fraction of sp³-hybridized carbons (Fsp3) is 0.316. The minimum absolute atomic E-state index is 0.0530. The van der Waals surface area contributed by atoms with Crippen LogP contribution in [-0.4, -0.2) is 36.5 Å². The molecule has 24 heavy (non-hydrogen) atoms. The van der Waals surface area contributed by atoms with Crippen molar-refractivity contribution < 1.29 is 9.53 Å². The molecule has 0 spiro atoms. The van der Waals surface area contributed by atoms with Gasteiger partial charge in [-0.3, -0.25) is 4.79 Å². The van der Waals surface area contributed by atoms with Gasteiger partial charge in [-0.1, -0.05) is 29.8 Å². The normalized spacial score (nSPS) is 17.6. The molecule has 126 valence electrons. The van der Waals surface area contributed by atoms with Crippen molar-refractivity contribution in [2.75, 3.05) is 19.6 Å². The third-order valence-electron chi connectivity index (χ3n) is 4.14. The summed E-state index contributed by atoms with van der Waals surface area (Å²) in [5, 5.41) is 3.98. The first-order chi connectivity index (χ1) is 11.6. The van der Waals surface area contributed by atoms with E-state index in [1.807, 2.05) is 53.4 Å². The van der Waals surface area contributed by atoms with E-state index in [4.69, 9.17) is 16.3 Å². The molecule has 1 unspecified atom stereocenters. The molecule has 3 rings (SSSR count). The van der Waals surface area contributed by atoms with Gasteiger partial charge in [-0.25, -0.2) is 0 Å². The van der Waals surface area contributed by atoms with Crippen LogP contribution in [0.25, 0.3) is 0 Å². The first-order valence-corrected chi connectivity index (χ1v) is 8.50. The van der Waals surface area contributed by atoms with Crippen LogP contribution in [-0.2, 0) is 6.61 Å². The highest BCUT2D eigenvalue weighted by Crippen LogP contribution is 2.19. The maximum absolute atomic E-state index is 12.7. The quantitative estimate of drug-likeness (QED) is 0.924. The van der Waals surface area contributed by atoms with Crippen LogP contribution in [0.15, 0.2) is 48.5 Å². The summed E-state index contributed by atoms with van der Waals surface area (Å²) in [4.78, 5) is 14.6. The number of nitrogens with one attached hydrogen (secondary N) is 1. The number of amides is 1. The number of hydrogen-bond donors (Lipinski definition) is 1. The zero-order valence-corrected chi connectivity index (χ0v) is 14.4. The summed E-state index contributed by atoms with van der Waals surface area (Å²) in [5.74, 6) is 0.737. The molecule has 0 saturated carbocycles. The Kier molecular flexibility index (Phi) is 5.38. The minimum Gasteiger partial charge on any atom is -0.489 e. The van der Waals surface area contributed by atoms with Gasteiger partial charge in [0.15, 0.2) is 0 Å². The van der Waals surface area contributed by atoms with Crippen LogP contribution in [0.5, 0.6) is 5.75 Å². The van der Waals surface area contributed by atoms with E-state index in [0.717, 1.165) is 25.2 Å². The average Bonchev–Trinajstić information content (AvgIpc) is 2.60. The molecule has 1 atom stereocenters. The molecular weight excluding hydrogens is 324 g/mol. The molecule has 1 heterocycles. The number of carbonyl (C=O) groups excluding carboxylic acids is 1. The largest absolute Gasteiger partial charge is 0.489 e. The molecule has 2 aromatic carbocycles. The summed E-state index contributed by atoms with van der Waals surface area (Å²) in [6.07, 6.45) is 0. The highest BCUT2D eigenvalue weighted by atomic mass is 35.5. The smallest absolute Gasteiger partial charge is 0.254 e. The summed E-state index contributed by atoms with van der Waals surface area (Å²) in [6.45, 7) is 4.87. The van der Waals surface area contributed by atoms with Crippen LogP contribution in [0, 0.1) is 0 Å². The maximum Gasteiger partial charge on any atom is 0.254 e. The zero-order valence-electron chi connectivity index (χ0n) is 13.7. The van der Waals surface area contributed by atoms with E-state index < -0.39 is 0 Å². The Morgan fingerprint density at radius 3 is 2.92 bits per heavy atom. The van der Waals surface area contributed by atoms with Crippen LogP contribution >= 0.6 is 11.6 Å². The van der Waals surface area contributed by atoms with E-state index in [9.17, 15) is 4.79 Å². The standard InChI is InChI=1S/C19H21ClN2O2/c1-14-12-21-8-9-22(14)19(23)16-5-3-7-18(11-16)24-13-15-4-2-6-17(20)10-15/h2-7,10-11,14,21H,8-9,12-13H2,1H3. The summed E-state index contributed by atoms with van der Waals surface area (Å²) in [7, 11) is 0. The van der Waals surface area contributed by atoms with Gasteiger partial charge in [0.25, 0.3) is 5.91 Å². The van der Waals surface area contributed by atoms with E-state index in [1.165, 1.54) is 0 Å². The molecule has 1 N–H and O–H groups in total. The second-order valence-electron chi connectivity index (χ2n) is 6.00. The van der Waals surface area contributed by atoms with E-state index in [2.05, 4.69) is 12.2 Å². The molecule has 1 amide bonds. The van der Waals surface area contributed by atoms with E-state index in [1.54, 1.807) is 0 Å². The number of rotatable bonds is 4. The molecule has 5 heteroatoms. The van der Waals surface area contributed by atoms with Gasteiger partial charge in [0, 0.05) is 36.3 Å². The Morgan fingerprint density at radius 1 is 1.29 bits per heavy atom. The highest BCUT2D eigenvalue weighted by Gasteiger charge is 2.24. The van der Waals surface area contributed by atoms with Crippen LogP contribution in [0.4, 0.5) is 0 Å². The van der Waals surface area contributed by atoms with Gasteiger partial charge in [0.2, 0.25) is 0 Å². The lowest BCUT2D eigenvalue weighted by Crippen LogP contribution is -2.52. The van der Waals surface area contributed by atoms with Gasteiger partial charge in [-0.05, 0) is 42.8 Å². The van der Waals surface area contributed by atoms with Gasteiger partial charge in [-0.2, -0.15) is 0 Å². The van der Waals surface area contributed by atoms with Crippen molar-refractivity contribution in [3.8, 4) is 5.75 Å². The van der Waals surface area contributed by atoms with Gasteiger partial charge < -0.3 is 15.0 Å².